The van der Waals surface area contributed by atoms with Crippen LogP contribution in [0.2, 0.25) is 15.1 Å². The monoisotopic (exact) mass is 566 g/mol. The lowest BCUT2D eigenvalue weighted by atomic mass is 9.78. The summed E-state index contributed by atoms with van der Waals surface area (Å²) >= 11 is 18.1. The number of carboxylic acids is 1. The smallest absolute Gasteiger partial charge is 0.307 e. The highest BCUT2D eigenvalue weighted by Gasteiger charge is 2.35. The number of benzene rings is 2. The van der Waals surface area contributed by atoms with Gasteiger partial charge >= 0.3 is 5.97 Å². The molecule has 0 saturated heterocycles. The normalized spacial score (nSPS) is 19.8. The number of anilines is 2. The van der Waals surface area contributed by atoms with Crippen LogP contribution >= 0.6 is 34.8 Å². The Hall–Kier alpha value is -2.28. The highest BCUT2D eigenvalue weighted by molar-refractivity contribution is 6.44. The fourth-order valence-corrected chi connectivity index (χ4v) is 5.43. The molecule has 9 heteroatoms. The molecule has 0 aliphatic heterocycles. The molecule has 0 bridgehead atoms. The molecule has 2 fully saturated rings. The van der Waals surface area contributed by atoms with Gasteiger partial charge in [0.1, 0.15) is 0 Å². The van der Waals surface area contributed by atoms with Crippen molar-refractivity contribution >= 4 is 64.0 Å². The summed E-state index contributed by atoms with van der Waals surface area (Å²) in [5.41, 5.74) is 2.03. The molecule has 0 aromatic heterocycles. The van der Waals surface area contributed by atoms with Crippen molar-refractivity contribution in [3.63, 3.8) is 0 Å². The van der Waals surface area contributed by atoms with Crippen molar-refractivity contribution in [1.29, 1.82) is 0 Å². The average Bonchev–Trinajstić information content (AvgIpc) is 2.90. The van der Waals surface area contributed by atoms with Gasteiger partial charge < -0.3 is 15.7 Å². The topological polar surface area (TPSA) is 95.5 Å². The van der Waals surface area contributed by atoms with Gasteiger partial charge in [-0.2, -0.15) is 0 Å². The summed E-state index contributed by atoms with van der Waals surface area (Å²) in [6, 6.07) is 10.7. The van der Waals surface area contributed by atoms with Crippen LogP contribution in [0.15, 0.2) is 36.4 Å². The molecule has 0 heterocycles. The largest absolute Gasteiger partial charge is 0.481 e. The van der Waals surface area contributed by atoms with E-state index in [9.17, 15) is 19.5 Å². The maximum absolute atomic E-state index is 12.3. The van der Waals surface area contributed by atoms with Crippen molar-refractivity contribution in [3.8, 4) is 0 Å². The Balaban J connectivity index is 0.000000208. The highest BCUT2D eigenvalue weighted by atomic mass is 35.5. The number of carboxylic acid groups (broad SMARTS) is 1. The lowest BCUT2D eigenvalue weighted by molar-refractivity contribution is -0.147. The molecule has 2 aromatic rings. The summed E-state index contributed by atoms with van der Waals surface area (Å²) in [4.78, 5) is 35.6. The average molecular weight is 568 g/mol. The second-order valence-electron chi connectivity index (χ2n) is 9.69. The van der Waals surface area contributed by atoms with Crippen LogP contribution in [-0.2, 0) is 14.4 Å². The molecule has 2 saturated carbocycles. The maximum Gasteiger partial charge on any atom is 0.307 e. The van der Waals surface area contributed by atoms with Crippen LogP contribution in [0.5, 0.6) is 0 Å². The standard InChI is InChI=1S/C15H18ClNO3.C13H15Cl2NO/c1-9-5-4-8-12(13(9)16)17-14(18)10-6-2-3-7-11(10)15(19)20;14-10-7-4-8-11(12(10)15)16-13(17)9-5-2-1-3-6-9/h4-5,8,10-11H,2-3,6-7H2,1H3,(H,17,18)(H,19,20);4,7-9H,1-3,5-6H2,(H,16,17)/t10-,11+;/m0./s1. The summed E-state index contributed by atoms with van der Waals surface area (Å²) in [6.45, 7) is 1.86. The lowest BCUT2D eigenvalue weighted by Crippen LogP contribution is -2.36. The van der Waals surface area contributed by atoms with Crippen LogP contribution in [0, 0.1) is 24.7 Å². The van der Waals surface area contributed by atoms with E-state index in [1.165, 1.54) is 6.42 Å². The van der Waals surface area contributed by atoms with Crippen molar-refractivity contribution in [3.05, 3.63) is 57.0 Å². The van der Waals surface area contributed by atoms with E-state index in [1.54, 1.807) is 24.3 Å². The van der Waals surface area contributed by atoms with Gasteiger partial charge in [-0.25, -0.2) is 0 Å². The third kappa shape index (κ3) is 8.10. The number of nitrogens with one attached hydrogen (secondary N) is 2. The first-order valence-corrected chi connectivity index (χ1v) is 13.9. The first kappa shape index (κ1) is 29.3. The molecule has 4 rings (SSSR count). The van der Waals surface area contributed by atoms with E-state index in [2.05, 4.69) is 10.6 Å². The Morgan fingerprint density at radius 2 is 1.27 bits per heavy atom. The molecule has 3 N–H and O–H groups in total. The maximum atomic E-state index is 12.3. The Labute approximate surface area is 233 Å². The number of amides is 2. The van der Waals surface area contributed by atoms with Crippen molar-refractivity contribution in [2.45, 2.75) is 64.7 Å². The van der Waals surface area contributed by atoms with Gasteiger partial charge in [-0.3, -0.25) is 14.4 Å². The minimum atomic E-state index is -0.889. The molecular weight excluding hydrogens is 535 g/mol. The first-order valence-electron chi connectivity index (χ1n) is 12.7. The Kier molecular flexibility index (Phi) is 11.1. The second kappa shape index (κ2) is 14.0. The number of rotatable bonds is 5. The Bertz CT molecular complexity index is 1120. The van der Waals surface area contributed by atoms with Gasteiger partial charge in [-0.15, -0.1) is 0 Å². The van der Waals surface area contributed by atoms with Crippen molar-refractivity contribution < 1.29 is 19.5 Å². The fraction of sp³-hybridized carbons (Fsp3) is 0.464. The van der Waals surface area contributed by atoms with E-state index in [0.717, 1.165) is 44.1 Å². The molecule has 6 nitrogen and oxygen atoms in total. The van der Waals surface area contributed by atoms with E-state index < -0.39 is 17.8 Å². The van der Waals surface area contributed by atoms with Crippen LogP contribution in [0.1, 0.15) is 63.4 Å². The zero-order chi connectivity index (χ0) is 26.9. The highest BCUT2D eigenvalue weighted by Crippen LogP contribution is 2.33. The number of carbonyl (C=O) groups is 3. The van der Waals surface area contributed by atoms with E-state index in [1.807, 2.05) is 19.1 Å². The van der Waals surface area contributed by atoms with Crippen molar-refractivity contribution in [2.75, 3.05) is 10.6 Å². The predicted octanol–water partition coefficient (Wildman–Crippen LogP) is 7.99. The molecule has 200 valence electrons. The predicted molar refractivity (Wildman–Crippen MR) is 150 cm³/mol. The number of hydrogen-bond acceptors (Lipinski definition) is 3. The number of aryl methyl sites for hydroxylation is 1. The molecule has 0 unspecified atom stereocenters. The molecule has 0 spiro atoms. The molecule has 2 amide bonds. The van der Waals surface area contributed by atoms with Crippen LogP contribution in [0.4, 0.5) is 11.4 Å². The van der Waals surface area contributed by atoms with Crippen molar-refractivity contribution in [2.24, 2.45) is 17.8 Å². The molecule has 2 aromatic carbocycles. The van der Waals surface area contributed by atoms with Gasteiger partial charge in [0, 0.05) is 5.92 Å². The minimum absolute atomic E-state index is 0.0638. The van der Waals surface area contributed by atoms with Gasteiger partial charge in [-0.1, -0.05) is 85.1 Å². The molecule has 2 aliphatic carbocycles. The second-order valence-corrected chi connectivity index (χ2v) is 10.9. The molecule has 2 atom stereocenters. The summed E-state index contributed by atoms with van der Waals surface area (Å²) in [5.74, 6) is -2.01. The SMILES string of the molecule is Cc1cccc(NC(=O)[C@H]2CCCC[C@H]2C(=O)O)c1Cl.O=C(Nc1cccc(Cl)c1Cl)C1CCCCC1. The number of carbonyl (C=O) groups excluding carboxylic acids is 2. The molecule has 0 radical (unpaired) electrons. The van der Waals surface area contributed by atoms with Gasteiger partial charge in [0.05, 0.1) is 38.3 Å². The first-order chi connectivity index (χ1) is 17.7. The zero-order valence-electron chi connectivity index (χ0n) is 20.9. The number of hydrogen-bond donors (Lipinski definition) is 3. The van der Waals surface area contributed by atoms with Gasteiger partial charge in [0.15, 0.2) is 0 Å². The lowest BCUT2D eigenvalue weighted by Gasteiger charge is -2.27. The van der Waals surface area contributed by atoms with Crippen LogP contribution in [-0.4, -0.2) is 22.9 Å². The van der Waals surface area contributed by atoms with E-state index in [0.29, 0.717) is 39.3 Å². The van der Waals surface area contributed by atoms with Gasteiger partial charge in [-0.05, 0) is 56.4 Å². The van der Waals surface area contributed by atoms with Crippen LogP contribution in [0.25, 0.3) is 0 Å². The van der Waals surface area contributed by atoms with Crippen molar-refractivity contribution in [1.82, 2.24) is 0 Å². The summed E-state index contributed by atoms with van der Waals surface area (Å²) in [7, 11) is 0. The number of aliphatic carboxylic acids is 1. The summed E-state index contributed by atoms with van der Waals surface area (Å²) < 4.78 is 0. The molecule has 37 heavy (non-hydrogen) atoms. The van der Waals surface area contributed by atoms with Gasteiger partial charge in [0.25, 0.3) is 0 Å². The summed E-state index contributed by atoms with van der Waals surface area (Å²) in [6.07, 6.45) is 8.41. The Morgan fingerprint density at radius 1 is 0.730 bits per heavy atom. The Morgan fingerprint density at radius 3 is 1.92 bits per heavy atom. The third-order valence-corrected chi connectivity index (χ3v) is 8.38. The molecule has 2 aliphatic rings. The van der Waals surface area contributed by atoms with Crippen LogP contribution in [0.3, 0.4) is 0 Å². The minimum Gasteiger partial charge on any atom is -0.481 e. The third-order valence-electron chi connectivity index (χ3n) is 7.06. The van der Waals surface area contributed by atoms with E-state index in [4.69, 9.17) is 34.8 Å². The van der Waals surface area contributed by atoms with Gasteiger partial charge in [0.2, 0.25) is 11.8 Å². The zero-order valence-corrected chi connectivity index (χ0v) is 23.1. The quantitative estimate of drug-likeness (QED) is 0.341. The van der Waals surface area contributed by atoms with E-state index in [-0.39, 0.29) is 17.7 Å². The molecular formula is C28H33Cl3N2O4. The summed E-state index contributed by atoms with van der Waals surface area (Å²) in [5, 5.41) is 16.2. The van der Waals surface area contributed by atoms with Crippen LogP contribution < -0.4 is 10.6 Å². The van der Waals surface area contributed by atoms with E-state index >= 15 is 0 Å². The number of halogens is 3. The fourth-order valence-electron chi connectivity index (χ4n) is 4.91.